The van der Waals surface area contributed by atoms with Crippen LogP contribution in [0.25, 0.3) is 0 Å². The summed E-state index contributed by atoms with van der Waals surface area (Å²) in [4.78, 5) is 3.55. The van der Waals surface area contributed by atoms with Crippen molar-refractivity contribution in [1.82, 2.24) is 4.98 Å². The number of rotatable bonds is 1. The van der Waals surface area contributed by atoms with Crippen LogP contribution in [0.2, 0.25) is 0 Å². The SMILES string of the molecule is NC1=CC=CC(N)(c2nc(C(F)(F)F)cs2)C1. The summed E-state index contributed by atoms with van der Waals surface area (Å²) >= 11 is 0.894. The Kier molecular flexibility index (Phi) is 2.75. The average molecular weight is 261 g/mol. The second kappa shape index (κ2) is 3.85. The van der Waals surface area contributed by atoms with E-state index in [1.54, 1.807) is 18.2 Å². The Hall–Kier alpha value is -1.34. The van der Waals surface area contributed by atoms with Crippen molar-refractivity contribution >= 4 is 11.3 Å². The summed E-state index contributed by atoms with van der Waals surface area (Å²) in [6, 6.07) is 0. The van der Waals surface area contributed by atoms with Crippen molar-refractivity contribution in [1.29, 1.82) is 0 Å². The summed E-state index contributed by atoms with van der Waals surface area (Å²) < 4.78 is 37.3. The van der Waals surface area contributed by atoms with Gasteiger partial charge in [0.15, 0.2) is 5.69 Å². The fourth-order valence-corrected chi connectivity index (χ4v) is 2.48. The molecule has 17 heavy (non-hydrogen) atoms. The highest BCUT2D eigenvalue weighted by Crippen LogP contribution is 2.35. The van der Waals surface area contributed by atoms with E-state index in [2.05, 4.69) is 4.98 Å². The molecule has 7 heteroatoms. The first-order valence-corrected chi connectivity index (χ1v) is 5.65. The maximum absolute atomic E-state index is 12.4. The van der Waals surface area contributed by atoms with Crippen molar-refractivity contribution in [2.24, 2.45) is 11.5 Å². The summed E-state index contributed by atoms with van der Waals surface area (Å²) in [7, 11) is 0. The van der Waals surface area contributed by atoms with Crippen molar-refractivity contribution in [3.05, 3.63) is 40.0 Å². The Morgan fingerprint density at radius 3 is 2.65 bits per heavy atom. The lowest BCUT2D eigenvalue weighted by molar-refractivity contribution is -0.140. The van der Waals surface area contributed by atoms with Crippen molar-refractivity contribution in [2.45, 2.75) is 18.1 Å². The van der Waals surface area contributed by atoms with E-state index >= 15 is 0 Å². The van der Waals surface area contributed by atoms with Crippen LogP contribution >= 0.6 is 11.3 Å². The van der Waals surface area contributed by atoms with Crippen LogP contribution in [0.3, 0.4) is 0 Å². The number of aromatic nitrogens is 1. The van der Waals surface area contributed by atoms with Gasteiger partial charge in [0.1, 0.15) is 5.01 Å². The Morgan fingerprint density at radius 2 is 2.12 bits per heavy atom. The van der Waals surface area contributed by atoms with Crippen LogP contribution in [0.4, 0.5) is 13.2 Å². The molecule has 0 radical (unpaired) electrons. The maximum Gasteiger partial charge on any atom is 0.434 e. The quantitative estimate of drug-likeness (QED) is 0.813. The summed E-state index contributed by atoms with van der Waals surface area (Å²) in [6.07, 6.45) is 0.748. The molecule has 1 atom stereocenters. The maximum atomic E-state index is 12.4. The number of hydrogen-bond acceptors (Lipinski definition) is 4. The molecular weight excluding hydrogens is 251 g/mol. The van der Waals surface area contributed by atoms with Gasteiger partial charge in [-0.25, -0.2) is 4.98 Å². The third kappa shape index (κ3) is 2.34. The van der Waals surface area contributed by atoms with Crippen LogP contribution in [-0.2, 0) is 11.7 Å². The number of halogens is 3. The molecule has 0 saturated heterocycles. The molecular formula is C10H10F3N3S. The molecule has 92 valence electrons. The zero-order valence-electron chi connectivity index (χ0n) is 8.66. The summed E-state index contributed by atoms with van der Waals surface area (Å²) in [5, 5.41) is 1.18. The molecule has 0 aliphatic heterocycles. The summed E-state index contributed by atoms with van der Waals surface area (Å²) in [6.45, 7) is 0. The number of alkyl halides is 3. The van der Waals surface area contributed by atoms with Gasteiger partial charge in [0, 0.05) is 17.5 Å². The third-order valence-corrected chi connectivity index (χ3v) is 3.43. The molecule has 2 rings (SSSR count). The molecule has 1 aromatic rings. The van der Waals surface area contributed by atoms with E-state index in [1.807, 2.05) is 0 Å². The number of nitrogens with two attached hydrogens (primary N) is 2. The summed E-state index contributed by atoms with van der Waals surface area (Å²) in [5.41, 5.74) is 10.2. The van der Waals surface area contributed by atoms with E-state index in [4.69, 9.17) is 11.5 Å². The van der Waals surface area contributed by atoms with Crippen LogP contribution in [0.1, 0.15) is 17.1 Å². The fourth-order valence-electron chi connectivity index (χ4n) is 1.56. The molecule has 0 spiro atoms. The van der Waals surface area contributed by atoms with E-state index in [0.717, 1.165) is 16.7 Å². The van der Waals surface area contributed by atoms with Gasteiger partial charge >= 0.3 is 6.18 Å². The first-order valence-electron chi connectivity index (χ1n) is 4.77. The Morgan fingerprint density at radius 1 is 1.41 bits per heavy atom. The predicted octanol–water partition coefficient (Wildman–Crippen LogP) is 2.12. The van der Waals surface area contributed by atoms with Crippen molar-refractivity contribution in [3.63, 3.8) is 0 Å². The fraction of sp³-hybridized carbons (Fsp3) is 0.300. The van der Waals surface area contributed by atoms with Crippen LogP contribution in [0.5, 0.6) is 0 Å². The van der Waals surface area contributed by atoms with E-state index in [0.29, 0.717) is 5.70 Å². The molecule has 1 aliphatic carbocycles. The minimum Gasteiger partial charge on any atom is -0.402 e. The first-order chi connectivity index (χ1) is 7.81. The Labute approximate surface area is 99.6 Å². The van der Waals surface area contributed by atoms with E-state index in [9.17, 15) is 13.2 Å². The molecule has 0 aromatic carbocycles. The molecule has 3 nitrogen and oxygen atoms in total. The number of thiazole rings is 1. The van der Waals surface area contributed by atoms with Gasteiger partial charge in [0.2, 0.25) is 0 Å². The Bertz CT molecular complexity index is 489. The van der Waals surface area contributed by atoms with Gasteiger partial charge in [-0.05, 0) is 6.08 Å². The minimum absolute atomic E-state index is 0.220. The lowest BCUT2D eigenvalue weighted by Gasteiger charge is -2.25. The van der Waals surface area contributed by atoms with Gasteiger partial charge in [-0.2, -0.15) is 13.2 Å². The van der Waals surface area contributed by atoms with Crippen molar-refractivity contribution < 1.29 is 13.2 Å². The number of hydrogen-bond donors (Lipinski definition) is 2. The van der Waals surface area contributed by atoms with Gasteiger partial charge in [-0.3, -0.25) is 0 Å². The standard InChI is InChI=1S/C10H10F3N3S/c11-10(12,13)7-5-17-8(16-7)9(15)3-1-2-6(14)4-9/h1-3,5H,4,14-15H2. The first kappa shape index (κ1) is 12.1. The van der Waals surface area contributed by atoms with E-state index in [1.165, 1.54) is 0 Å². The monoisotopic (exact) mass is 261 g/mol. The second-order valence-corrected chi connectivity index (χ2v) is 4.71. The van der Waals surface area contributed by atoms with Gasteiger partial charge in [0.25, 0.3) is 0 Å². The van der Waals surface area contributed by atoms with E-state index in [-0.39, 0.29) is 11.4 Å². The van der Waals surface area contributed by atoms with Crippen LogP contribution in [-0.4, -0.2) is 4.98 Å². The van der Waals surface area contributed by atoms with Gasteiger partial charge in [-0.1, -0.05) is 12.2 Å². The van der Waals surface area contributed by atoms with Crippen molar-refractivity contribution in [2.75, 3.05) is 0 Å². The molecule has 1 aromatic heterocycles. The number of nitrogens with zero attached hydrogens (tertiary/aromatic N) is 1. The predicted molar refractivity (Wildman–Crippen MR) is 59.0 cm³/mol. The highest BCUT2D eigenvalue weighted by molar-refractivity contribution is 7.09. The van der Waals surface area contributed by atoms with Crippen LogP contribution < -0.4 is 11.5 Å². The molecule has 0 fully saturated rings. The molecule has 0 bridgehead atoms. The average Bonchev–Trinajstić information content (AvgIpc) is 2.65. The number of allylic oxidation sites excluding steroid dienone is 2. The molecule has 0 amide bonds. The minimum atomic E-state index is -4.44. The smallest absolute Gasteiger partial charge is 0.402 e. The van der Waals surface area contributed by atoms with Crippen LogP contribution in [0.15, 0.2) is 29.3 Å². The molecule has 1 unspecified atom stereocenters. The zero-order chi connectivity index (χ0) is 12.7. The molecule has 1 aliphatic rings. The van der Waals surface area contributed by atoms with Gasteiger partial charge in [0.05, 0.1) is 5.54 Å². The Balaban J connectivity index is 2.33. The lowest BCUT2D eigenvalue weighted by atomic mass is 9.91. The molecule has 1 heterocycles. The van der Waals surface area contributed by atoms with Crippen molar-refractivity contribution in [3.8, 4) is 0 Å². The summed E-state index contributed by atoms with van der Waals surface area (Å²) in [5.74, 6) is 0. The topological polar surface area (TPSA) is 64.9 Å². The van der Waals surface area contributed by atoms with E-state index < -0.39 is 17.4 Å². The third-order valence-electron chi connectivity index (χ3n) is 2.39. The highest BCUT2D eigenvalue weighted by atomic mass is 32.1. The largest absolute Gasteiger partial charge is 0.434 e. The lowest BCUT2D eigenvalue weighted by Crippen LogP contribution is -2.37. The highest BCUT2D eigenvalue weighted by Gasteiger charge is 2.37. The molecule has 4 N–H and O–H groups in total. The van der Waals surface area contributed by atoms with Crippen LogP contribution in [0, 0.1) is 0 Å². The van der Waals surface area contributed by atoms with Gasteiger partial charge < -0.3 is 11.5 Å². The normalized spacial score (nSPS) is 24.8. The zero-order valence-corrected chi connectivity index (χ0v) is 9.48. The molecule has 0 saturated carbocycles. The van der Waals surface area contributed by atoms with Gasteiger partial charge in [-0.15, -0.1) is 11.3 Å². The second-order valence-electron chi connectivity index (χ2n) is 3.85.